The highest BCUT2D eigenvalue weighted by Gasteiger charge is 2.05. The first-order chi connectivity index (χ1) is 9.13. The molecule has 0 aromatic rings. The van der Waals surface area contributed by atoms with Crippen molar-refractivity contribution in [2.24, 2.45) is 4.99 Å². The number of carbonyl (C=O) groups excluding carboxylic acids is 1. The Bertz CT molecular complexity index is 275. The van der Waals surface area contributed by atoms with Crippen LogP contribution < -0.4 is 16.0 Å². The van der Waals surface area contributed by atoms with Crippen molar-refractivity contribution in [2.45, 2.75) is 39.2 Å². The molecule has 120 valence electrons. The molecule has 0 aliphatic heterocycles. The first kappa shape index (κ1) is 21.7. The van der Waals surface area contributed by atoms with Gasteiger partial charge in [0.25, 0.3) is 0 Å². The number of guanidine groups is 1. The van der Waals surface area contributed by atoms with E-state index in [2.05, 4.69) is 27.9 Å². The van der Waals surface area contributed by atoms with E-state index in [1.54, 1.807) is 14.2 Å². The molecule has 1 amide bonds. The molecular formula is C13H29IN4O2. The van der Waals surface area contributed by atoms with Crippen molar-refractivity contribution in [3.63, 3.8) is 0 Å². The van der Waals surface area contributed by atoms with Gasteiger partial charge in [-0.05, 0) is 19.8 Å². The molecule has 1 unspecified atom stereocenters. The van der Waals surface area contributed by atoms with Gasteiger partial charge in [0.05, 0.1) is 0 Å². The average molecular weight is 400 g/mol. The lowest BCUT2D eigenvalue weighted by atomic mass is 10.2. The van der Waals surface area contributed by atoms with Gasteiger partial charge >= 0.3 is 0 Å². The van der Waals surface area contributed by atoms with Crippen LogP contribution in [0.5, 0.6) is 0 Å². The van der Waals surface area contributed by atoms with E-state index in [1.807, 2.05) is 6.92 Å². The van der Waals surface area contributed by atoms with E-state index in [1.165, 1.54) is 0 Å². The Kier molecular flexibility index (Phi) is 16.1. The van der Waals surface area contributed by atoms with Gasteiger partial charge in [-0.2, -0.15) is 0 Å². The van der Waals surface area contributed by atoms with Crippen LogP contribution in [-0.4, -0.2) is 51.8 Å². The summed E-state index contributed by atoms with van der Waals surface area (Å²) in [7, 11) is 3.40. The minimum absolute atomic E-state index is 0. The fourth-order valence-corrected chi connectivity index (χ4v) is 1.39. The van der Waals surface area contributed by atoms with E-state index in [-0.39, 0.29) is 35.9 Å². The SMILES string of the molecule is CCC(C)NC(=O)CCNC(=NC)NCCCOC.I. The maximum atomic E-state index is 11.6. The van der Waals surface area contributed by atoms with E-state index in [0.717, 1.165) is 26.0 Å². The molecule has 6 nitrogen and oxygen atoms in total. The molecular weight excluding hydrogens is 371 g/mol. The van der Waals surface area contributed by atoms with Crippen molar-refractivity contribution in [2.75, 3.05) is 33.9 Å². The fraction of sp³-hybridized carbons (Fsp3) is 0.846. The number of ether oxygens (including phenoxy) is 1. The first-order valence-electron chi connectivity index (χ1n) is 6.86. The van der Waals surface area contributed by atoms with Gasteiger partial charge in [-0.25, -0.2) is 0 Å². The van der Waals surface area contributed by atoms with Crippen LogP contribution in [0.4, 0.5) is 0 Å². The summed E-state index contributed by atoms with van der Waals surface area (Å²) >= 11 is 0. The van der Waals surface area contributed by atoms with Gasteiger partial charge in [-0.3, -0.25) is 9.79 Å². The van der Waals surface area contributed by atoms with Crippen molar-refractivity contribution < 1.29 is 9.53 Å². The van der Waals surface area contributed by atoms with Crippen molar-refractivity contribution in [3.05, 3.63) is 0 Å². The zero-order valence-corrected chi connectivity index (χ0v) is 15.3. The van der Waals surface area contributed by atoms with E-state index in [0.29, 0.717) is 18.9 Å². The Balaban J connectivity index is 0. The highest BCUT2D eigenvalue weighted by molar-refractivity contribution is 14.0. The third-order valence-electron chi connectivity index (χ3n) is 2.71. The van der Waals surface area contributed by atoms with Gasteiger partial charge in [0.2, 0.25) is 5.91 Å². The van der Waals surface area contributed by atoms with Crippen LogP contribution in [0.3, 0.4) is 0 Å². The second-order valence-electron chi connectivity index (χ2n) is 4.40. The van der Waals surface area contributed by atoms with Gasteiger partial charge in [0.15, 0.2) is 5.96 Å². The second-order valence-corrected chi connectivity index (χ2v) is 4.40. The Morgan fingerprint density at radius 1 is 1.30 bits per heavy atom. The zero-order chi connectivity index (χ0) is 14.5. The molecule has 0 bridgehead atoms. The zero-order valence-electron chi connectivity index (χ0n) is 13.0. The highest BCUT2D eigenvalue weighted by atomic mass is 127. The van der Waals surface area contributed by atoms with E-state index in [9.17, 15) is 4.79 Å². The molecule has 0 aliphatic rings. The lowest BCUT2D eigenvalue weighted by Crippen LogP contribution is -2.40. The number of nitrogens with one attached hydrogen (secondary N) is 3. The third-order valence-corrected chi connectivity index (χ3v) is 2.71. The summed E-state index contributed by atoms with van der Waals surface area (Å²) in [6.45, 7) is 6.15. The van der Waals surface area contributed by atoms with Crippen LogP contribution in [-0.2, 0) is 9.53 Å². The molecule has 0 aliphatic carbocycles. The molecule has 0 spiro atoms. The largest absolute Gasteiger partial charge is 0.385 e. The Morgan fingerprint density at radius 2 is 1.95 bits per heavy atom. The van der Waals surface area contributed by atoms with Gasteiger partial charge in [-0.1, -0.05) is 6.92 Å². The van der Waals surface area contributed by atoms with E-state index in [4.69, 9.17) is 4.74 Å². The highest BCUT2D eigenvalue weighted by Crippen LogP contribution is 1.89. The Labute approximate surface area is 139 Å². The first-order valence-corrected chi connectivity index (χ1v) is 6.86. The number of amides is 1. The molecule has 0 heterocycles. The minimum atomic E-state index is 0. The average Bonchev–Trinajstić information content (AvgIpc) is 2.41. The molecule has 0 saturated heterocycles. The van der Waals surface area contributed by atoms with Crippen molar-refractivity contribution in [3.8, 4) is 0 Å². The standard InChI is InChI=1S/C13H28N4O2.HI/c1-5-11(2)17-12(18)7-9-16-13(14-3)15-8-6-10-19-4;/h11H,5-10H2,1-4H3,(H,17,18)(H2,14,15,16);1H. The van der Waals surface area contributed by atoms with Gasteiger partial charge in [0.1, 0.15) is 0 Å². The molecule has 0 aromatic carbocycles. The fourth-order valence-electron chi connectivity index (χ4n) is 1.39. The number of aliphatic imine (C=N–C) groups is 1. The Morgan fingerprint density at radius 3 is 2.50 bits per heavy atom. The topological polar surface area (TPSA) is 74.8 Å². The van der Waals surface area contributed by atoms with Crippen molar-refractivity contribution >= 4 is 35.8 Å². The molecule has 0 rings (SSSR count). The number of halogens is 1. The molecule has 1 atom stereocenters. The predicted molar refractivity (Wildman–Crippen MR) is 93.8 cm³/mol. The van der Waals surface area contributed by atoms with Crippen LogP contribution >= 0.6 is 24.0 Å². The number of rotatable bonds is 9. The summed E-state index contributed by atoms with van der Waals surface area (Å²) in [5.74, 6) is 0.782. The summed E-state index contributed by atoms with van der Waals surface area (Å²) in [6, 6.07) is 0.235. The molecule has 7 heteroatoms. The Hall–Kier alpha value is -0.570. The number of methoxy groups -OCH3 is 1. The monoisotopic (exact) mass is 400 g/mol. The third kappa shape index (κ3) is 12.5. The maximum Gasteiger partial charge on any atom is 0.221 e. The molecule has 0 aromatic heterocycles. The lowest BCUT2D eigenvalue weighted by Gasteiger charge is -2.13. The van der Waals surface area contributed by atoms with Crippen molar-refractivity contribution in [1.29, 1.82) is 0 Å². The van der Waals surface area contributed by atoms with Crippen LogP contribution in [0.2, 0.25) is 0 Å². The normalized spacial score (nSPS) is 12.3. The molecule has 3 N–H and O–H groups in total. The second kappa shape index (κ2) is 14.8. The summed E-state index contributed by atoms with van der Waals surface area (Å²) < 4.78 is 4.96. The quantitative estimate of drug-likeness (QED) is 0.235. The minimum Gasteiger partial charge on any atom is -0.385 e. The number of carbonyl (C=O) groups is 1. The van der Waals surface area contributed by atoms with E-state index >= 15 is 0 Å². The molecule has 20 heavy (non-hydrogen) atoms. The maximum absolute atomic E-state index is 11.6. The predicted octanol–water partition coefficient (Wildman–Crippen LogP) is 1.11. The molecule has 0 fully saturated rings. The number of hydrogen-bond acceptors (Lipinski definition) is 3. The van der Waals surface area contributed by atoms with Crippen LogP contribution in [0.15, 0.2) is 4.99 Å². The van der Waals surface area contributed by atoms with Crippen LogP contribution in [0.25, 0.3) is 0 Å². The number of nitrogens with zero attached hydrogens (tertiary/aromatic N) is 1. The van der Waals surface area contributed by atoms with Gasteiger partial charge in [-0.15, -0.1) is 24.0 Å². The summed E-state index contributed by atoms with van der Waals surface area (Å²) in [5.41, 5.74) is 0. The van der Waals surface area contributed by atoms with Gasteiger partial charge in [0, 0.05) is 46.3 Å². The van der Waals surface area contributed by atoms with Crippen LogP contribution in [0.1, 0.15) is 33.1 Å². The summed E-state index contributed by atoms with van der Waals surface area (Å²) in [5, 5.41) is 9.19. The van der Waals surface area contributed by atoms with Gasteiger partial charge < -0.3 is 20.7 Å². The smallest absolute Gasteiger partial charge is 0.221 e. The summed E-state index contributed by atoms with van der Waals surface area (Å²) in [6.07, 6.45) is 2.32. The number of hydrogen-bond donors (Lipinski definition) is 3. The summed E-state index contributed by atoms with van der Waals surface area (Å²) in [4.78, 5) is 15.6. The molecule has 0 radical (unpaired) electrons. The molecule has 0 saturated carbocycles. The van der Waals surface area contributed by atoms with E-state index < -0.39 is 0 Å². The van der Waals surface area contributed by atoms with Crippen molar-refractivity contribution in [1.82, 2.24) is 16.0 Å². The lowest BCUT2D eigenvalue weighted by molar-refractivity contribution is -0.121. The van der Waals surface area contributed by atoms with Crippen LogP contribution in [0, 0.1) is 0 Å².